The van der Waals surface area contributed by atoms with Gasteiger partial charge in [0.05, 0.1) is 19.1 Å². The van der Waals surface area contributed by atoms with Gasteiger partial charge >= 0.3 is 5.97 Å². The number of carbonyl (C=O) groups excluding carboxylic acids is 2. The zero-order chi connectivity index (χ0) is 13.5. The minimum absolute atomic E-state index is 0.0754. The lowest BCUT2D eigenvalue weighted by atomic mass is 10.1. The molecule has 2 N–H and O–H groups in total. The van der Waals surface area contributed by atoms with Crippen molar-refractivity contribution in [3.63, 3.8) is 0 Å². The van der Waals surface area contributed by atoms with Crippen LogP contribution in [0.25, 0.3) is 0 Å². The van der Waals surface area contributed by atoms with Crippen molar-refractivity contribution >= 4 is 11.9 Å². The Labute approximate surface area is 103 Å². The van der Waals surface area contributed by atoms with E-state index in [0.717, 1.165) is 0 Å². The second-order valence-corrected chi connectivity index (χ2v) is 5.08. The standard InChI is InChI=1S/C12H24N2O3/c1-6-17-11(16)9(2)7-13-8-10(15)14-12(3,4)5/h9,13H,6-8H2,1-5H3,(H,14,15). The first-order valence-corrected chi connectivity index (χ1v) is 5.94. The highest BCUT2D eigenvalue weighted by atomic mass is 16.5. The summed E-state index contributed by atoms with van der Waals surface area (Å²) in [6.07, 6.45) is 0. The lowest BCUT2D eigenvalue weighted by Gasteiger charge is -2.20. The Bertz CT molecular complexity index is 259. The zero-order valence-electron chi connectivity index (χ0n) is 11.4. The van der Waals surface area contributed by atoms with E-state index in [1.807, 2.05) is 20.8 Å². The van der Waals surface area contributed by atoms with E-state index in [-0.39, 0.29) is 29.9 Å². The molecule has 0 radical (unpaired) electrons. The highest BCUT2D eigenvalue weighted by Gasteiger charge is 2.16. The van der Waals surface area contributed by atoms with Gasteiger partial charge in [-0.2, -0.15) is 0 Å². The molecule has 1 atom stereocenters. The van der Waals surface area contributed by atoms with Crippen LogP contribution < -0.4 is 10.6 Å². The molecule has 17 heavy (non-hydrogen) atoms. The Morgan fingerprint density at radius 1 is 1.29 bits per heavy atom. The van der Waals surface area contributed by atoms with Gasteiger partial charge in [-0.1, -0.05) is 6.92 Å². The summed E-state index contributed by atoms with van der Waals surface area (Å²) >= 11 is 0. The fourth-order valence-corrected chi connectivity index (χ4v) is 1.23. The molecule has 0 heterocycles. The summed E-state index contributed by atoms with van der Waals surface area (Å²) in [5, 5.41) is 5.76. The van der Waals surface area contributed by atoms with Crippen LogP contribution in [0, 0.1) is 5.92 Å². The molecule has 0 saturated carbocycles. The van der Waals surface area contributed by atoms with Crippen molar-refractivity contribution in [3.05, 3.63) is 0 Å². The smallest absolute Gasteiger partial charge is 0.309 e. The summed E-state index contributed by atoms with van der Waals surface area (Å²) in [5.74, 6) is -0.554. The number of nitrogens with one attached hydrogen (secondary N) is 2. The maximum absolute atomic E-state index is 11.4. The summed E-state index contributed by atoms with van der Waals surface area (Å²) in [6, 6.07) is 0. The van der Waals surface area contributed by atoms with Crippen LogP contribution in [0.3, 0.4) is 0 Å². The molecular weight excluding hydrogens is 220 g/mol. The molecule has 0 aromatic carbocycles. The molecule has 1 unspecified atom stereocenters. The SMILES string of the molecule is CCOC(=O)C(C)CNCC(=O)NC(C)(C)C. The van der Waals surface area contributed by atoms with Gasteiger partial charge in [-0.05, 0) is 27.7 Å². The fraction of sp³-hybridized carbons (Fsp3) is 0.833. The maximum atomic E-state index is 11.4. The number of hydrogen-bond acceptors (Lipinski definition) is 4. The average molecular weight is 244 g/mol. The third-order valence-corrected chi connectivity index (χ3v) is 1.94. The normalized spacial score (nSPS) is 13.0. The molecule has 0 aromatic rings. The van der Waals surface area contributed by atoms with E-state index >= 15 is 0 Å². The molecule has 0 fully saturated rings. The summed E-state index contributed by atoms with van der Waals surface area (Å²) in [7, 11) is 0. The Balaban J connectivity index is 3.77. The average Bonchev–Trinajstić information content (AvgIpc) is 2.14. The van der Waals surface area contributed by atoms with Crippen LogP contribution in [-0.4, -0.2) is 37.1 Å². The van der Waals surface area contributed by atoms with E-state index in [9.17, 15) is 9.59 Å². The molecule has 0 aromatic heterocycles. The van der Waals surface area contributed by atoms with Crippen LogP contribution in [0.1, 0.15) is 34.6 Å². The van der Waals surface area contributed by atoms with E-state index in [4.69, 9.17) is 4.74 Å². The summed E-state index contributed by atoms with van der Waals surface area (Å²) < 4.78 is 4.86. The number of carbonyl (C=O) groups is 2. The van der Waals surface area contributed by atoms with Crippen molar-refractivity contribution in [2.45, 2.75) is 40.2 Å². The molecule has 0 bridgehead atoms. The van der Waals surface area contributed by atoms with E-state index < -0.39 is 0 Å². The summed E-state index contributed by atoms with van der Waals surface area (Å²) in [5.41, 5.74) is -0.231. The number of amides is 1. The zero-order valence-corrected chi connectivity index (χ0v) is 11.4. The van der Waals surface area contributed by atoms with Gasteiger partial charge in [0.25, 0.3) is 0 Å². The van der Waals surface area contributed by atoms with Gasteiger partial charge in [-0.15, -0.1) is 0 Å². The Hall–Kier alpha value is -1.10. The van der Waals surface area contributed by atoms with Crippen molar-refractivity contribution in [3.8, 4) is 0 Å². The quantitative estimate of drug-likeness (QED) is 0.675. The lowest BCUT2D eigenvalue weighted by molar-refractivity contribution is -0.147. The molecule has 0 spiro atoms. The van der Waals surface area contributed by atoms with Crippen LogP contribution in [0.15, 0.2) is 0 Å². The Kier molecular flexibility index (Phi) is 6.80. The maximum Gasteiger partial charge on any atom is 0.309 e. The molecule has 1 amide bonds. The number of rotatable bonds is 6. The van der Waals surface area contributed by atoms with Crippen LogP contribution >= 0.6 is 0 Å². The molecule has 5 nitrogen and oxygen atoms in total. The second-order valence-electron chi connectivity index (χ2n) is 5.08. The van der Waals surface area contributed by atoms with Gasteiger partial charge in [-0.3, -0.25) is 9.59 Å². The molecule has 0 aliphatic heterocycles. The topological polar surface area (TPSA) is 67.4 Å². The van der Waals surface area contributed by atoms with Crippen molar-refractivity contribution in [2.24, 2.45) is 5.92 Å². The molecule has 0 saturated heterocycles. The molecule has 0 rings (SSSR count). The largest absolute Gasteiger partial charge is 0.466 e. The third-order valence-electron chi connectivity index (χ3n) is 1.94. The summed E-state index contributed by atoms with van der Waals surface area (Å²) in [6.45, 7) is 10.3. The molecular formula is C12H24N2O3. The third kappa shape index (κ3) is 8.68. The second kappa shape index (κ2) is 7.27. The van der Waals surface area contributed by atoms with Crippen LogP contribution in [-0.2, 0) is 14.3 Å². The predicted molar refractivity (Wildman–Crippen MR) is 66.6 cm³/mol. The first kappa shape index (κ1) is 15.9. The Morgan fingerprint density at radius 3 is 2.35 bits per heavy atom. The number of esters is 1. The van der Waals surface area contributed by atoms with E-state index in [0.29, 0.717) is 13.2 Å². The predicted octanol–water partition coefficient (Wildman–Crippen LogP) is 0.690. The van der Waals surface area contributed by atoms with Crippen molar-refractivity contribution < 1.29 is 14.3 Å². The van der Waals surface area contributed by atoms with Gasteiger partial charge in [0.2, 0.25) is 5.91 Å². The van der Waals surface area contributed by atoms with E-state index in [2.05, 4.69) is 10.6 Å². The molecule has 0 aliphatic carbocycles. The van der Waals surface area contributed by atoms with Crippen molar-refractivity contribution in [1.29, 1.82) is 0 Å². The van der Waals surface area contributed by atoms with Gasteiger partial charge < -0.3 is 15.4 Å². The van der Waals surface area contributed by atoms with Crippen LogP contribution in [0.5, 0.6) is 0 Å². The highest BCUT2D eigenvalue weighted by Crippen LogP contribution is 1.98. The number of ether oxygens (including phenoxy) is 1. The van der Waals surface area contributed by atoms with Gasteiger partial charge in [-0.25, -0.2) is 0 Å². The van der Waals surface area contributed by atoms with Gasteiger partial charge in [0.1, 0.15) is 0 Å². The highest BCUT2D eigenvalue weighted by molar-refractivity contribution is 5.78. The summed E-state index contributed by atoms with van der Waals surface area (Å²) in [4.78, 5) is 22.7. The molecule has 100 valence electrons. The van der Waals surface area contributed by atoms with Crippen molar-refractivity contribution in [1.82, 2.24) is 10.6 Å². The fourth-order valence-electron chi connectivity index (χ4n) is 1.23. The minimum Gasteiger partial charge on any atom is -0.466 e. The van der Waals surface area contributed by atoms with E-state index in [1.165, 1.54) is 0 Å². The Morgan fingerprint density at radius 2 is 1.88 bits per heavy atom. The minimum atomic E-state index is -0.240. The van der Waals surface area contributed by atoms with Gasteiger partial charge in [0, 0.05) is 12.1 Å². The lowest BCUT2D eigenvalue weighted by Crippen LogP contribution is -2.45. The number of hydrogen-bond donors (Lipinski definition) is 2. The van der Waals surface area contributed by atoms with Crippen LogP contribution in [0.4, 0.5) is 0 Å². The van der Waals surface area contributed by atoms with Crippen LogP contribution in [0.2, 0.25) is 0 Å². The monoisotopic (exact) mass is 244 g/mol. The van der Waals surface area contributed by atoms with Crippen molar-refractivity contribution in [2.75, 3.05) is 19.7 Å². The molecule has 0 aliphatic rings. The van der Waals surface area contributed by atoms with E-state index in [1.54, 1.807) is 13.8 Å². The first-order chi connectivity index (χ1) is 7.76. The first-order valence-electron chi connectivity index (χ1n) is 5.94. The van der Waals surface area contributed by atoms with Gasteiger partial charge in [0.15, 0.2) is 0 Å². The molecule has 5 heteroatoms.